The van der Waals surface area contributed by atoms with E-state index in [0.717, 1.165) is 33.5 Å². The second kappa shape index (κ2) is 8.32. The maximum absolute atomic E-state index is 11.6. The summed E-state index contributed by atoms with van der Waals surface area (Å²) >= 11 is 0. The molecular weight excluding hydrogens is 308 g/mol. The summed E-state index contributed by atoms with van der Waals surface area (Å²) in [5.74, 6) is -3.17. The number of ether oxygens (including phenoxy) is 4. The Kier molecular flexibility index (Phi) is 6.47. The quantitative estimate of drug-likeness (QED) is 0.341. The number of carbonyl (C=O) groups excluding carboxylic acids is 4. The standard InChI is InChI=1S/C15H14O8/c1-20-12(16)4-5-13(17)23-11-7-9(14(18)21-2)6-10(8-11)15(19)22-3/h4-8H,1-3H3/b5-4+. The van der Waals surface area contributed by atoms with Crippen LogP contribution in [-0.2, 0) is 23.8 Å². The van der Waals surface area contributed by atoms with Crippen molar-refractivity contribution < 1.29 is 38.1 Å². The first-order valence-electron chi connectivity index (χ1n) is 6.20. The van der Waals surface area contributed by atoms with Crippen LogP contribution in [0.25, 0.3) is 0 Å². The van der Waals surface area contributed by atoms with Gasteiger partial charge in [-0.05, 0) is 18.2 Å². The van der Waals surface area contributed by atoms with Crippen LogP contribution in [0.15, 0.2) is 30.4 Å². The fraction of sp³-hybridized carbons (Fsp3) is 0.200. The third-order valence-electron chi connectivity index (χ3n) is 2.52. The smallest absolute Gasteiger partial charge is 0.338 e. The third kappa shape index (κ3) is 5.27. The molecule has 8 nitrogen and oxygen atoms in total. The highest BCUT2D eigenvalue weighted by atomic mass is 16.5. The highest BCUT2D eigenvalue weighted by molar-refractivity contribution is 5.97. The molecule has 0 atom stereocenters. The lowest BCUT2D eigenvalue weighted by Gasteiger charge is -2.07. The Morgan fingerprint density at radius 1 is 0.739 bits per heavy atom. The average molecular weight is 322 g/mol. The lowest BCUT2D eigenvalue weighted by Crippen LogP contribution is -2.10. The molecule has 0 bridgehead atoms. The van der Waals surface area contributed by atoms with E-state index in [1.54, 1.807) is 0 Å². The molecule has 23 heavy (non-hydrogen) atoms. The Balaban J connectivity index is 3.07. The first-order chi connectivity index (χ1) is 10.9. The Bertz CT molecular complexity index is 625. The molecule has 0 fully saturated rings. The van der Waals surface area contributed by atoms with Gasteiger partial charge in [0.25, 0.3) is 0 Å². The maximum Gasteiger partial charge on any atom is 0.338 e. The topological polar surface area (TPSA) is 105 Å². The molecule has 0 radical (unpaired) electrons. The summed E-state index contributed by atoms with van der Waals surface area (Å²) in [6, 6.07) is 3.66. The van der Waals surface area contributed by atoms with Gasteiger partial charge >= 0.3 is 23.9 Å². The molecule has 1 rings (SSSR count). The van der Waals surface area contributed by atoms with Crippen LogP contribution < -0.4 is 4.74 Å². The van der Waals surface area contributed by atoms with Gasteiger partial charge in [0, 0.05) is 12.2 Å². The molecule has 0 amide bonds. The van der Waals surface area contributed by atoms with Crippen LogP contribution in [0.2, 0.25) is 0 Å². The first kappa shape index (κ1) is 17.9. The fourth-order valence-electron chi connectivity index (χ4n) is 1.48. The van der Waals surface area contributed by atoms with Crippen molar-refractivity contribution in [3.05, 3.63) is 41.5 Å². The molecule has 0 aliphatic carbocycles. The molecular formula is C15H14O8. The van der Waals surface area contributed by atoms with Crippen LogP contribution in [0.3, 0.4) is 0 Å². The van der Waals surface area contributed by atoms with E-state index in [4.69, 9.17) is 4.74 Å². The Labute approximate surface area is 131 Å². The summed E-state index contributed by atoms with van der Waals surface area (Å²) in [7, 11) is 3.48. The van der Waals surface area contributed by atoms with Gasteiger partial charge in [-0.15, -0.1) is 0 Å². The number of hydrogen-bond donors (Lipinski definition) is 0. The average Bonchev–Trinajstić information content (AvgIpc) is 2.57. The molecule has 8 heteroatoms. The van der Waals surface area contributed by atoms with Gasteiger partial charge in [-0.3, -0.25) is 0 Å². The Hall–Kier alpha value is -3.16. The van der Waals surface area contributed by atoms with Crippen molar-refractivity contribution in [2.75, 3.05) is 21.3 Å². The number of benzene rings is 1. The van der Waals surface area contributed by atoms with Gasteiger partial charge in [0.15, 0.2) is 0 Å². The fourth-order valence-corrected chi connectivity index (χ4v) is 1.48. The maximum atomic E-state index is 11.6. The van der Waals surface area contributed by atoms with E-state index in [1.165, 1.54) is 18.2 Å². The molecule has 0 aromatic heterocycles. The lowest BCUT2D eigenvalue weighted by molar-refractivity contribution is -0.135. The SMILES string of the molecule is COC(=O)/C=C/C(=O)Oc1cc(C(=O)OC)cc(C(=O)OC)c1. The molecule has 0 spiro atoms. The molecule has 0 aliphatic heterocycles. The highest BCUT2D eigenvalue weighted by Gasteiger charge is 2.15. The number of esters is 4. The molecule has 0 saturated carbocycles. The number of rotatable bonds is 5. The summed E-state index contributed by atoms with van der Waals surface area (Å²) in [5.41, 5.74) is -0.00899. The molecule has 0 heterocycles. The van der Waals surface area contributed by atoms with Gasteiger partial charge in [0.05, 0.1) is 32.5 Å². The summed E-state index contributed by atoms with van der Waals surface area (Å²) in [4.78, 5) is 45.6. The van der Waals surface area contributed by atoms with Crippen LogP contribution in [-0.4, -0.2) is 45.2 Å². The zero-order valence-corrected chi connectivity index (χ0v) is 12.7. The van der Waals surface area contributed by atoms with Crippen molar-refractivity contribution in [1.29, 1.82) is 0 Å². The lowest BCUT2D eigenvalue weighted by atomic mass is 10.1. The van der Waals surface area contributed by atoms with Crippen molar-refractivity contribution in [2.45, 2.75) is 0 Å². The van der Waals surface area contributed by atoms with E-state index < -0.39 is 23.9 Å². The molecule has 122 valence electrons. The number of carbonyl (C=O) groups is 4. The largest absolute Gasteiger partial charge is 0.466 e. The third-order valence-corrected chi connectivity index (χ3v) is 2.52. The molecule has 0 unspecified atom stereocenters. The Morgan fingerprint density at radius 3 is 1.65 bits per heavy atom. The molecule has 0 aliphatic rings. The van der Waals surface area contributed by atoms with E-state index >= 15 is 0 Å². The van der Waals surface area contributed by atoms with Crippen LogP contribution in [0.4, 0.5) is 0 Å². The van der Waals surface area contributed by atoms with E-state index in [2.05, 4.69) is 14.2 Å². The predicted molar refractivity (Wildman–Crippen MR) is 75.9 cm³/mol. The molecule has 1 aromatic rings. The second-order valence-corrected chi connectivity index (χ2v) is 4.01. The molecule has 0 saturated heterocycles. The van der Waals surface area contributed by atoms with E-state index in [-0.39, 0.29) is 16.9 Å². The van der Waals surface area contributed by atoms with Crippen molar-refractivity contribution in [1.82, 2.24) is 0 Å². The number of methoxy groups -OCH3 is 3. The van der Waals surface area contributed by atoms with Crippen LogP contribution in [0.1, 0.15) is 20.7 Å². The minimum absolute atomic E-state index is 0.00449. The zero-order valence-electron chi connectivity index (χ0n) is 12.7. The second-order valence-electron chi connectivity index (χ2n) is 4.01. The zero-order chi connectivity index (χ0) is 17.4. The minimum Gasteiger partial charge on any atom is -0.466 e. The highest BCUT2D eigenvalue weighted by Crippen LogP contribution is 2.19. The van der Waals surface area contributed by atoms with E-state index in [1.807, 2.05) is 0 Å². The van der Waals surface area contributed by atoms with Crippen LogP contribution in [0.5, 0.6) is 5.75 Å². The van der Waals surface area contributed by atoms with Gasteiger partial charge in [0.1, 0.15) is 5.75 Å². The Morgan fingerprint density at radius 2 is 1.22 bits per heavy atom. The van der Waals surface area contributed by atoms with E-state index in [9.17, 15) is 19.2 Å². The minimum atomic E-state index is -0.895. The van der Waals surface area contributed by atoms with E-state index in [0.29, 0.717) is 0 Å². The molecule has 0 N–H and O–H groups in total. The normalized spacial score (nSPS) is 10.0. The van der Waals surface area contributed by atoms with Gasteiger partial charge in [-0.2, -0.15) is 0 Å². The van der Waals surface area contributed by atoms with Crippen molar-refractivity contribution in [3.8, 4) is 5.75 Å². The van der Waals surface area contributed by atoms with Gasteiger partial charge in [-0.1, -0.05) is 0 Å². The summed E-state index contributed by atoms with van der Waals surface area (Å²) in [5, 5.41) is 0. The van der Waals surface area contributed by atoms with Crippen LogP contribution in [0, 0.1) is 0 Å². The van der Waals surface area contributed by atoms with Crippen molar-refractivity contribution >= 4 is 23.9 Å². The van der Waals surface area contributed by atoms with Crippen molar-refractivity contribution in [2.24, 2.45) is 0 Å². The monoisotopic (exact) mass is 322 g/mol. The van der Waals surface area contributed by atoms with Gasteiger partial charge < -0.3 is 18.9 Å². The number of hydrogen-bond acceptors (Lipinski definition) is 8. The predicted octanol–water partition coefficient (Wildman–Crippen LogP) is 0.894. The van der Waals surface area contributed by atoms with Gasteiger partial charge in [-0.25, -0.2) is 19.2 Å². The van der Waals surface area contributed by atoms with Crippen LogP contribution >= 0.6 is 0 Å². The molecule has 1 aromatic carbocycles. The summed E-state index contributed by atoms with van der Waals surface area (Å²) < 4.78 is 18.4. The van der Waals surface area contributed by atoms with Gasteiger partial charge in [0.2, 0.25) is 0 Å². The summed E-state index contributed by atoms with van der Waals surface area (Å²) in [6.07, 6.45) is 1.71. The summed E-state index contributed by atoms with van der Waals surface area (Å²) in [6.45, 7) is 0. The first-order valence-corrected chi connectivity index (χ1v) is 6.20. The van der Waals surface area contributed by atoms with Crippen molar-refractivity contribution in [3.63, 3.8) is 0 Å².